The summed E-state index contributed by atoms with van der Waals surface area (Å²) in [6.07, 6.45) is 5.32. The number of nitriles is 1. The third kappa shape index (κ3) is 2.02. The van der Waals surface area contributed by atoms with Crippen molar-refractivity contribution in [2.75, 3.05) is 0 Å². The SMILES string of the molecule is N#CCc1ccnc(Cl)c1-c1cccnc1. The van der Waals surface area contributed by atoms with E-state index in [9.17, 15) is 0 Å². The van der Waals surface area contributed by atoms with E-state index in [1.54, 1.807) is 24.7 Å². The topological polar surface area (TPSA) is 49.6 Å². The molecule has 16 heavy (non-hydrogen) atoms. The van der Waals surface area contributed by atoms with Gasteiger partial charge >= 0.3 is 0 Å². The van der Waals surface area contributed by atoms with Gasteiger partial charge in [0.25, 0.3) is 0 Å². The summed E-state index contributed by atoms with van der Waals surface area (Å²) in [6.45, 7) is 0. The van der Waals surface area contributed by atoms with Gasteiger partial charge in [-0.1, -0.05) is 17.7 Å². The molecule has 4 heteroatoms. The highest BCUT2D eigenvalue weighted by Gasteiger charge is 2.10. The Morgan fingerprint density at radius 1 is 1.31 bits per heavy atom. The van der Waals surface area contributed by atoms with Gasteiger partial charge in [-0.25, -0.2) is 4.98 Å². The van der Waals surface area contributed by atoms with Crippen LogP contribution in [-0.4, -0.2) is 9.97 Å². The number of pyridine rings is 2. The normalized spacial score (nSPS) is 9.75. The molecule has 0 aliphatic carbocycles. The molecule has 0 bridgehead atoms. The Labute approximate surface area is 98.4 Å². The minimum absolute atomic E-state index is 0.312. The van der Waals surface area contributed by atoms with Crippen LogP contribution in [0.3, 0.4) is 0 Å². The van der Waals surface area contributed by atoms with Crippen molar-refractivity contribution in [3.8, 4) is 17.2 Å². The lowest BCUT2D eigenvalue weighted by molar-refractivity contribution is 1.21. The standard InChI is InChI=1S/C12H8ClN3/c13-12-11(10-2-1-6-15-8-10)9(3-5-14)4-7-16-12/h1-2,4,6-8H,3H2. The molecule has 3 nitrogen and oxygen atoms in total. The first-order chi connectivity index (χ1) is 7.83. The molecular formula is C12H8ClN3. The summed E-state index contributed by atoms with van der Waals surface area (Å²) in [4.78, 5) is 8.06. The van der Waals surface area contributed by atoms with Gasteiger partial charge < -0.3 is 0 Å². The average molecular weight is 230 g/mol. The molecule has 0 unspecified atom stereocenters. The van der Waals surface area contributed by atoms with Crippen molar-refractivity contribution in [2.24, 2.45) is 0 Å². The largest absolute Gasteiger partial charge is 0.264 e. The molecule has 2 rings (SSSR count). The lowest BCUT2D eigenvalue weighted by Crippen LogP contribution is -1.92. The molecule has 0 radical (unpaired) electrons. The molecule has 0 spiro atoms. The smallest absolute Gasteiger partial charge is 0.137 e. The second-order valence-electron chi connectivity index (χ2n) is 3.21. The summed E-state index contributed by atoms with van der Waals surface area (Å²) < 4.78 is 0. The van der Waals surface area contributed by atoms with Gasteiger partial charge in [0.1, 0.15) is 5.15 Å². The van der Waals surface area contributed by atoms with Crippen molar-refractivity contribution < 1.29 is 0 Å². The zero-order valence-electron chi connectivity index (χ0n) is 8.39. The van der Waals surface area contributed by atoms with Crippen LogP contribution in [0.15, 0.2) is 36.8 Å². The Balaban J connectivity index is 2.60. The summed E-state index contributed by atoms with van der Waals surface area (Å²) in [7, 11) is 0. The predicted molar refractivity (Wildman–Crippen MR) is 61.8 cm³/mol. The molecule has 0 N–H and O–H groups in total. The summed E-state index contributed by atoms with van der Waals surface area (Å²) in [5, 5.41) is 9.16. The monoisotopic (exact) mass is 229 g/mol. The predicted octanol–water partition coefficient (Wildman–Crippen LogP) is 2.86. The first-order valence-corrected chi connectivity index (χ1v) is 5.11. The second kappa shape index (κ2) is 4.73. The third-order valence-electron chi connectivity index (χ3n) is 2.21. The number of rotatable bonds is 2. The summed E-state index contributed by atoms with van der Waals surface area (Å²) >= 11 is 6.05. The molecule has 0 aromatic carbocycles. The van der Waals surface area contributed by atoms with Crippen LogP contribution in [0.2, 0.25) is 5.15 Å². The van der Waals surface area contributed by atoms with E-state index >= 15 is 0 Å². The summed E-state index contributed by atoms with van der Waals surface area (Å²) in [6, 6.07) is 7.65. The zero-order valence-corrected chi connectivity index (χ0v) is 9.15. The van der Waals surface area contributed by atoms with E-state index in [1.165, 1.54) is 0 Å². The number of nitrogens with zero attached hydrogens (tertiary/aromatic N) is 3. The van der Waals surface area contributed by atoms with E-state index in [2.05, 4.69) is 16.0 Å². The fourth-order valence-corrected chi connectivity index (χ4v) is 1.81. The molecule has 2 aromatic heterocycles. The maximum absolute atomic E-state index is 8.75. The van der Waals surface area contributed by atoms with Crippen LogP contribution in [0.4, 0.5) is 0 Å². The first kappa shape index (κ1) is 10.6. The number of aromatic nitrogens is 2. The minimum Gasteiger partial charge on any atom is -0.264 e. The Hall–Kier alpha value is -1.92. The Kier molecular flexibility index (Phi) is 3.13. The van der Waals surface area contributed by atoms with Gasteiger partial charge in [0, 0.05) is 29.7 Å². The van der Waals surface area contributed by atoms with Gasteiger partial charge in [-0.05, 0) is 17.7 Å². The molecule has 0 saturated carbocycles. The first-order valence-electron chi connectivity index (χ1n) is 4.73. The maximum Gasteiger partial charge on any atom is 0.137 e. The molecule has 0 atom stereocenters. The van der Waals surface area contributed by atoms with Crippen LogP contribution >= 0.6 is 11.6 Å². The Bertz CT molecular complexity index is 532. The minimum atomic E-state index is 0.312. The van der Waals surface area contributed by atoms with Crippen molar-refractivity contribution in [1.29, 1.82) is 5.26 Å². The summed E-state index contributed by atoms with van der Waals surface area (Å²) in [5.74, 6) is 0. The van der Waals surface area contributed by atoms with Gasteiger partial charge in [0.05, 0.1) is 12.5 Å². The molecule has 0 aliphatic rings. The molecule has 0 fully saturated rings. The summed E-state index contributed by atoms with van der Waals surface area (Å²) in [5.41, 5.74) is 2.54. The fraction of sp³-hybridized carbons (Fsp3) is 0.0833. The van der Waals surface area contributed by atoms with Crippen LogP contribution in [0, 0.1) is 11.3 Å². The fourth-order valence-electron chi connectivity index (χ4n) is 1.52. The number of hydrogen-bond acceptors (Lipinski definition) is 3. The number of halogens is 1. The number of hydrogen-bond donors (Lipinski definition) is 0. The maximum atomic E-state index is 8.75. The van der Waals surface area contributed by atoms with Crippen LogP contribution in [0.5, 0.6) is 0 Å². The van der Waals surface area contributed by atoms with Crippen LogP contribution in [-0.2, 0) is 6.42 Å². The highest BCUT2D eigenvalue weighted by atomic mass is 35.5. The van der Waals surface area contributed by atoms with E-state index in [0.717, 1.165) is 16.7 Å². The second-order valence-corrected chi connectivity index (χ2v) is 3.57. The van der Waals surface area contributed by atoms with E-state index in [1.807, 2.05) is 12.1 Å². The highest BCUT2D eigenvalue weighted by molar-refractivity contribution is 6.32. The van der Waals surface area contributed by atoms with Crippen molar-refractivity contribution >= 4 is 11.6 Å². The molecule has 0 amide bonds. The molecule has 0 aliphatic heterocycles. The van der Waals surface area contributed by atoms with Gasteiger partial charge in [0.15, 0.2) is 0 Å². The Morgan fingerprint density at radius 2 is 2.19 bits per heavy atom. The zero-order chi connectivity index (χ0) is 11.4. The lowest BCUT2D eigenvalue weighted by Gasteiger charge is -2.07. The lowest BCUT2D eigenvalue weighted by atomic mass is 10.0. The Morgan fingerprint density at radius 3 is 2.88 bits per heavy atom. The molecule has 2 aromatic rings. The van der Waals surface area contributed by atoms with Crippen molar-refractivity contribution in [3.63, 3.8) is 0 Å². The van der Waals surface area contributed by atoms with Crippen molar-refractivity contribution in [2.45, 2.75) is 6.42 Å². The van der Waals surface area contributed by atoms with Crippen molar-refractivity contribution in [3.05, 3.63) is 47.5 Å². The van der Waals surface area contributed by atoms with E-state index in [0.29, 0.717) is 11.6 Å². The van der Waals surface area contributed by atoms with E-state index in [-0.39, 0.29) is 0 Å². The molecule has 2 heterocycles. The average Bonchev–Trinajstić information content (AvgIpc) is 2.31. The molecular weight excluding hydrogens is 222 g/mol. The van der Waals surface area contributed by atoms with Gasteiger partial charge in [0.2, 0.25) is 0 Å². The van der Waals surface area contributed by atoms with Crippen molar-refractivity contribution in [1.82, 2.24) is 9.97 Å². The van der Waals surface area contributed by atoms with Gasteiger partial charge in [-0.3, -0.25) is 4.98 Å². The van der Waals surface area contributed by atoms with Gasteiger partial charge in [-0.2, -0.15) is 5.26 Å². The van der Waals surface area contributed by atoms with Crippen LogP contribution < -0.4 is 0 Å². The van der Waals surface area contributed by atoms with E-state index in [4.69, 9.17) is 16.9 Å². The van der Waals surface area contributed by atoms with Crippen LogP contribution in [0.1, 0.15) is 5.56 Å². The quantitative estimate of drug-likeness (QED) is 0.744. The van der Waals surface area contributed by atoms with E-state index < -0.39 is 0 Å². The van der Waals surface area contributed by atoms with Crippen LogP contribution in [0.25, 0.3) is 11.1 Å². The molecule has 0 saturated heterocycles. The molecule has 78 valence electrons. The van der Waals surface area contributed by atoms with Gasteiger partial charge in [-0.15, -0.1) is 0 Å². The highest BCUT2D eigenvalue weighted by Crippen LogP contribution is 2.29. The third-order valence-corrected chi connectivity index (χ3v) is 2.50.